The van der Waals surface area contributed by atoms with Crippen LogP contribution in [0.3, 0.4) is 0 Å². The van der Waals surface area contributed by atoms with Crippen LogP contribution in [-0.4, -0.2) is 93.3 Å². The zero-order chi connectivity index (χ0) is 25.7. The molecule has 13 heteroatoms. The molecule has 0 saturated heterocycles. The molecule has 34 heavy (non-hydrogen) atoms. The number of unbranched alkanes of at least 4 members (excludes halogenated alkanes) is 4. The second-order valence-corrected chi connectivity index (χ2v) is 9.16. The lowest BCUT2D eigenvalue weighted by Gasteiger charge is -2.40. The van der Waals surface area contributed by atoms with Crippen molar-refractivity contribution in [2.45, 2.75) is 108 Å². The molecule has 8 atom stereocenters. The average molecular weight is 516 g/mol. The van der Waals surface area contributed by atoms with E-state index in [1.807, 2.05) is 13.8 Å². The van der Waals surface area contributed by atoms with Crippen molar-refractivity contribution in [3.63, 3.8) is 0 Å². The first-order valence-corrected chi connectivity index (χ1v) is 12.7. The summed E-state index contributed by atoms with van der Waals surface area (Å²) in [5.74, 6) is -1.02. The molecule has 0 amide bonds. The molecule has 1 unspecified atom stereocenters. The summed E-state index contributed by atoms with van der Waals surface area (Å²) in [4.78, 5) is 34.0. The Morgan fingerprint density at radius 2 is 1.41 bits per heavy atom. The maximum absolute atomic E-state index is 14.2. The van der Waals surface area contributed by atoms with Crippen LogP contribution in [0.4, 0.5) is 4.39 Å². The third-order valence-corrected chi connectivity index (χ3v) is 6.10. The fourth-order valence-electron chi connectivity index (χ4n) is 3.23. The lowest BCUT2D eigenvalue weighted by atomic mass is 9.86. The van der Waals surface area contributed by atoms with Crippen molar-refractivity contribution >= 4 is 20.5 Å². The molecule has 1 fully saturated rings. The summed E-state index contributed by atoms with van der Waals surface area (Å²) in [6, 6.07) is 0. The summed E-state index contributed by atoms with van der Waals surface area (Å²) < 4.78 is 34.6. The normalized spacial score (nSPS) is 28.8. The van der Waals surface area contributed by atoms with Crippen molar-refractivity contribution in [1.29, 1.82) is 0 Å². The summed E-state index contributed by atoms with van der Waals surface area (Å²) in [6.07, 6.45) is -7.92. The number of aliphatic hydroxyl groups is 4. The highest BCUT2D eigenvalue weighted by molar-refractivity contribution is 7.40. The van der Waals surface area contributed by atoms with Gasteiger partial charge >= 0.3 is 20.5 Å². The minimum atomic E-state index is -2.85. The number of ether oxygens (including phenoxy) is 2. The van der Waals surface area contributed by atoms with Gasteiger partial charge < -0.3 is 43.8 Å². The number of esters is 2. The molecule has 0 heterocycles. The first-order chi connectivity index (χ1) is 16.1. The van der Waals surface area contributed by atoms with Crippen LogP contribution in [-0.2, 0) is 28.1 Å². The fourth-order valence-corrected chi connectivity index (χ4v) is 4.03. The number of rotatable bonds is 16. The summed E-state index contributed by atoms with van der Waals surface area (Å²) >= 11 is 0. The number of hydrogen-bond acceptors (Lipinski definition) is 11. The third-order valence-electron chi connectivity index (χ3n) is 5.31. The second-order valence-electron chi connectivity index (χ2n) is 8.22. The molecule has 1 saturated carbocycles. The van der Waals surface area contributed by atoms with E-state index in [1.54, 1.807) is 0 Å². The van der Waals surface area contributed by atoms with E-state index in [0.29, 0.717) is 12.8 Å². The van der Waals surface area contributed by atoms with E-state index >= 15 is 0 Å². The minimum absolute atomic E-state index is 0.148. The van der Waals surface area contributed by atoms with Gasteiger partial charge in [0.2, 0.25) is 0 Å². The Hall–Kier alpha value is -0.980. The Morgan fingerprint density at radius 3 is 2.00 bits per heavy atom. The van der Waals surface area contributed by atoms with Gasteiger partial charge in [0.25, 0.3) is 0 Å². The van der Waals surface area contributed by atoms with E-state index in [-0.39, 0.29) is 19.4 Å². The van der Waals surface area contributed by atoms with Gasteiger partial charge in [-0.1, -0.05) is 39.5 Å². The molecule has 0 radical (unpaired) electrons. The van der Waals surface area contributed by atoms with Crippen molar-refractivity contribution in [2.75, 3.05) is 13.2 Å². The molecule has 0 aliphatic heterocycles. The van der Waals surface area contributed by atoms with Gasteiger partial charge in [-0.3, -0.25) is 9.59 Å². The molecule has 1 rings (SSSR count). The van der Waals surface area contributed by atoms with Crippen molar-refractivity contribution in [1.82, 2.24) is 0 Å². The number of alkyl halides is 1. The van der Waals surface area contributed by atoms with Crippen LogP contribution in [0.25, 0.3) is 0 Å². The van der Waals surface area contributed by atoms with Gasteiger partial charge in [0, 0.05) is 12.8 Å². The van der Waals surface area contributed by atoms with Crippen molar-refractivity contribution < 1.29 is 57.8 Å². The Kier molecular flexibility index (Phi) is 15.2. The SMILES string of the molecule is CCCCCC(=O)OC[C@H](COP(O)O[C@H]1[C@H](O)[C@@H](O)[C@H](O)[C@@H](O)[C@@H]1F)OC(=O)CCCCC. The quantitative estimate of drug-likeness (QED) is 0.113. The van der Waals surface area contributed by atoms with Crippen LogP contribution < -0.4 is 0 Å². The van der Waals surface area contributed by atoms with Crippen molar-refractivity contribution in [2.24, 2.45) is 0 Å². The molecule has 1 aliphatic carbocycles. The number of carbonyl (C=O) groups is 2. The highest BCUT2D eigenvalue weighted by Crippen LogP contribution is 2.40. The Morgan fingerprint density at radius 1 is 0.853 bits per heavy atom. The van der Waals surface area contributed by atoms with Gasteiger partial charge in [0.1, 0.15) is 37.1 Å². The third kappa shape index (κ3) is 10.7. The predicted octanol–water partition coefficient (Wildman–Crippen LogP) is 1.02. The molecule has 0 aromatic heterocycles. The topological polar surface area (TPSA) is 172 Å². The summed E-state index contributed by atoms with van der Waals surface area (Å²) in [7, 11) is -2.85. The number of halogens is 1. The lowest BCUT2D eigenvalue weighted by molar-refractivity contribution is -0.202. The molecule has 0 aromatic carbocycles. The molecule has 1 aliphatic rings. The van der Waals surface area contributed by atoms with Gasteiger partial charge in [-0.2, -0.15) is 0 Å². The fraction of sp³-hybridized carbons (Fsp3) is 0.905. The zero-order valence-corrected chi connectivity index (χ0v) is 20.5. The van der Waals surface area contributed by atoms with E-state index in [0.717, 1.165) is 25.7 Å². The van der Waals surface area contributed by atoms with Crippen molar-refractivity contribution in [3.05, 3.63) is 0 Å². The molecule has 0 aromatic rings. The molecular weight excluding hydrogens is 478 g/mol. The Balaban J connectivity index is 2.62. The lowest BCUT2D eigenvalue weighted by Crippen LogP contribution is -2.62. The largest absolute Gasteiger partial charge is 0.462 e. The van der Waals surface area contributed by atoms with Gasteiger partial charge in [-0.15, -0.1) is 0 Å². The van der Waals surface area contributed by atoms with Crippen LogP contribution in [0, 0.1) is 0 Å². The van der Waals surface area contributed by atoms with Crippen LogP contribution in [0.5, 0.6) is 0 Å². The minimum Gasteiger partial charge on any atom is -0.462 e. The molecule has 0 bridgehead atoms. The second kappa shape index (κ2) is 16.6. The van der Waals surface area contributed by atoms with E-state index in [9.17, 15) is 39.3 Å². The summed E-state index contributed by atoms with van der Waals surface area (Å²) in [6.45, 7) is 3.19. The zero-order valence-electron chi connectivity index (χ0n) is 19.6. The highest BCUT2D eigenvalue weighted by atomic mass is 31.2. The van der Waals surface area contributed by atoms with Gasteiger partial charge in [-0.25, -0.2) is 4.39 Å². The average Bonchev–Trinajstić information content (AvgIpc) is 2.81. The van der Waals surface area contributed by atoms with E-state index in [2.05, 4.69) is 0 Å². The summed E-state index contributed by atoms with van der Waals surface area (Å²) in [5, 5.41) is 38.7. The standard InChI is InChI=1S/C21H38FO11P/c1-3-5-7-9-14(23)30-11-13(32-15(24)10-8-6-4-2)12-31-34(29)33-21-16(22)17(25)18(26)19(27)20(21)28/h13,16-21,25-29H,3-12H2,1-2H3/t13-,16+,17+,18-,19+,20-,21-,34?/m1/s1. The number of hydrogen-bond donors (Lipinski definition) is 5. The first-order valence-electron chi connectivity index (χ1n) is 11.6. The maximum Gasteiger partial charge on any atom is 0.330 e. The van der Waals surface area contributed by atoms with E-state index in [4.69, 9.17) is 18.5 Å². The molecule has 0 spiro atoms. The predicted molar refractivity (Wildman–Crippen MR) is 118 cm³/mol. The first kappa shape index (κ1) is 31.1. The number of carbonyl (C=O) groups excluding carboxylic acids is 2. The Labute approximate surface area is 200 Å². The molecule has 11 nitrogen and oxygen atoms in total. The van der Waals surface area contributed by atoms with E-state index in [1.165, 1.54) is 0 Å². The highest BCUT2D eigenvalue weighted by Gasteiger charge is 2.51. The van der Waals surface area contributed by atoms with Gasteiger partial charge in [0.15, 0.2) is 12.3 Å². The smallest absolute Gasteiger partial charge is 0.330 e. The van der Waals surface area contributed by atoms with Gasteiger partial charge in [0.05, 0.1) is 6.61 Å². The summed E-state index contributed by atoms with van der Waals surface area (Å²) in [5.41, 5.74) is 0. The molecular formula is C21H38FO11P. The van der Waals surface area contributed by atoms with Crippen LogP contribution in [0.2, 0.25) is 0 Å². The maximum atomic E-state index is 14.2. The van der Waals surface area contributed by atoms with Crippen molar-refractivity contribution in [3.8, 4) is 0 Å². The molecule has 200 valence electrons. The van der Waals surface area contributed by atoms with Crippen LogP contribution in [0.1, 0.15) is 65.2 Å². The van der Waals surface area contributed by atoms with Gasteiger partial charge in [-0.05, 0) is 12.8 Å². The molecule has 5 N–H and O–H groups in total. The van der Waals surface area contributed by atoms with E-state index < -0.39 is 69.9 Å². The van der Waals surface area contributed by atoms with Crippen LogP contribution in [0.15, 0.2) is 0 Å². The monoisotopic (exact) mass is 516 g/mol. The van der Waals surface area contributed by atoms with Crippen LogP contribution >= 0.6 is 8.60 Å². The Bertz CT molecular complexity index is 583. The number of aliphatic hydroxyl groups excluding tert-OH is 4.